The number of anilines is 1. The highest BCUT2D eigenvalue weighted by atomic mass is 32.2. The molecule has 2 aliphatic rings. The van der Waals surface area contributed by atoms with Crippen LogP contribution in [0.25, 0.3) is 0 Å². The number of thioether (sulfide) groups is 1. The zero-order valence-corrected chi connectivity index (χ0v) is 18.4. The first kappa shape index (κ1) is 21.2. The Hall–Kier alpha value is -3.00. The molecule has 1 N–H and O–H groups in total. The fraction of sp³-hybridized carbons (Fsp3) is 0.304. The number of hydrogen-bond donors (Lipinski definition) is 1. The van der Waals surface area contributed by atoms with Gasteiger partial charge in [0.05, 0.1) is 11.4 Å². The molecule has 4 rings (SSSR count). The summed E-state index contributed by atoms with van der Waals surface area (Å²) in [5.41, 5.74) is 2.45. The average Bonchev–Trinajstić information content (AvgIpc) is 3.05. The van der Waals surface area contributed by atoms with Crippen molar-refractivity contribution in [2.75, 3.05) is 11.1 Å². The molecule has 6 nitrogen and oxygen atoms in total. The number of carbonyl (C=O) groups is 2. The van der Waals surface area contributed by atoms with E-state index in [2.05, 4.69) is 24.2 Å². The van der Waals surface area contributed by atoms with Crippen LogP contribution >= 0.6 is 11.8 Å². The van der Waals surface area contributed by atoms with Crippen LogP contribution in [0.1, 0.15) is 31.4 Å². The normalized spacial score (nSPS) is 17.3. The van der Waals surface area contributed by atoms with Crippen LogP contribution in [0.5, 0.6) is 0 Å². The highest BCUT2D eigenvalue weighted by Crippen LogP contribution is 2.35. The monoisotopic (exact) mass is 438 g/mol. The maximum Gasteiger partial charge on any atom is 0.270 e. The number of amidine groups is 2. The van der Waals surface area contributed by atoms with E-state index in [1.54, 1.807) is 19.1 Å². The van der Waals surface area contributed by atoms with Crippen LogP contribution in [-0.2, 0) is 9.59 Å². The largest absolute Gasteiger partial charge is 0.325 e. The van der Waals surface area contributed by atoms with Crippen LogP contribution < -0.4 is 5.32 Å². The van der Waals surface area contributed by atoms with E-state index in [9.17, 15) is 14.0 Å². The van der Waals surface area contributed by atoms with Crippen molar-refractivity contribution in [3.05, 3.63) is 59.4 Å². The third-order valence-corrected chi connectivity index (χ3v) is 6.04. The van der Waals surface area contributed by atoms with Crippen molar-refractivity contribution in [3.63, 3.8) is 0 Å². The van der Waals surface area contributed by atoms with Gasteiger partial charge in [-0.05, 0) is 49.1 Å². The van der Waals surface area contributed by atoms with Gasteiger partial charge >= 0.3 is 0 Å². The molecule has 8 heteroatoms. The smallest absolute Gasteiger partial charge is 0.270 e. The number of hydrogen-bond acceptors (Lipinski definition) is 5. The number of nitrogens with one attached hydrogen (secondary N) is 1. The van der Waals surface area contributed by atoms with E-state index in [-0.39, 0.29) is 23.4 Å². The fourth-order valence-corrected chi connectivity index (χ4v) is 4.42. The number of aryl methyl sites for hydroxylation is 1. The second-order valence-electron chi connectivity index (χ2n) is 8.00. The molecule has 2 aromatic carbocycles. The SMILES string of the molecule is Cc1ccc(NC(=O)CSC2=Nc3ccccc3C3=NC(=O)C(CC(C)C)N23)cc1F. The second kappa shape index (κ2) is 8.63. The minimum Gasteiger partial charge on any atom is -0.325 e. The van der Waals surface area contributed by atoms with Crippen molar-refractivity contribution in [2.45, 2.75) is 33.2 Å². The van der Waals surface area contributed by atoms with E-state index in [4.69, 9.17) is 4.99 Å². The minimum absolute atomic E-state index is 0.0723. The number of benzene rings is 2. The molecule has 0 aromatic heterocycles. The van der Waals surface area contributed by atoms with E-state index in [0.717, 1.165) is 11.3 Å². The Morgan fingerprint density at radius 3 is 2.74 bits per heavy atom. The quantitative estimate of drug-likeness (QED) is 0.745. The second-order valence-corrected chi connectivity index (χ2v) is 8.94. The van der Waals surface area contributed by atoms with E-state index in [1.807, 2.05) is 29.2 Å². The van der Waals surface area contributed by atoms with Gasteiger partial charge in [-0.15, -0.1) is 0 Å². The number of amides is 2. The summed E-state index contributed by atoms with van der Waals surface area (Å²) in [5, 5.41) is 3.28. The van der Waals surface area contributed by atoms with Crippen LogP contribution in [-0.4, -0.2) is 39.5 Å². The van der Waals surface area contributed by atoms with Crippen LogP contribution in [0, 0.1) is 18.7 Å². The number of rotatable bonds is 5. The molecule has 160 valence electrons. The third-order valence-electron chi connectivity index (χ3n) is 5.09. The van der Waals surface area contributed by atoms with Crippen molar-refractivity contribution in [1.82, 2.24) is 4.90 Å². The highest BCUT2D eigenvalue weighted by molar-refractivity contribution is 8.14. The van der Waals surface area contributed by atoms with Crippen LogP contribution in [0.3, 0.4) is 0 Å². The molecular formula is C23H23FN4O2S. The van der Waals surface area contributed by atoms with E-state index < -0.39 is 6.04 Å². The van der Waals surface area contributed by atoms with Gasteiger partial charge in [0.2, 0.25) is 5.91 Å². The topological polar surface area (TPSA) is 74.1 Å². The molecular weight excluding hydrogens is 415 g/mol. The summed E-state index contributed by atoms with van der Waals surface area (Å²) in [6.07, 6.45) is 0.641. The Balaban J connectivity index is 1.55. The molecule has 0 saturated heterocycles. The number of halogens is 1. The molecule has 31 heavy (non-hydrogen) atoms. The van der Waals surface area contributed by atoms with Crippen molar-refractivity contribution in [1.29, 1.82) is 0 Å². The highest BCUT2D eigenvalue weighted by Gasteiger charge is 2.41. The molecule has 0 radical (unpaired) electrons. The first-order valence-corrected chi connectivity index (χ1v) is 11.1. The lowest BCUT2D eigenvalue weighted by molar-refractivity contribution is -0.120. The van der Waals surface area contributed by atoms with E-state index in [1.165, 1.54) is 17.8 Å². The summed E-state index contributed by atoms with van der Waals surface area (Å²) < 4.78 is 13.8. The summed E-state index contributed by atoms with van der Waals surface area (Å²) in [6, 6.07) is 11.7. The molecule has 2 aromatic rings. The summed E-state index contributed by atoms with van der Waals surface area (Å²) in [4.78, 5) is 36.0. The zero-order valence-electron chi connectivity index (χ0n) is 17.6. The molecule has 2 amide bonds. The van der Waals surface area contributed by atoms with Gasteiger partial charge in [-0.3, -0.25) is 14.5 Å². The van der Waals surface area contributed by atoms with Crippen molar-refractivity contribution >= 4 is 46.0 Å². The van der Waals surface area contributed by atoms with Crippen LogP contribution in [0.4, 0.5) is 15.8 Å². The molecule has 0 aliphatic carbocycles. The Morgan fingerprint density at radius 1 is 1.23 bits per heavy atom. The number of aliphatic imine (C=N–C) groups is 2. The number of carbonyl (C=O) groups excluding carboxylic acids is 2. The average molecular weight is 439 g/mol. The lowest BCUT2D eigenvalue weighted by Gasteiger charge is -2.31. The molecule has 2 heterocycles. The molecule has 0 saturated carbocycles. The molecule has 0 spiro atoms. The lowest BCUT2D eigenvalue weighted by Crippen LogP contribution is -2.44. The van der Waals surface area contributed by atoms with Gasteiger partial charge in [-0.1, -0.05) is 43.8 Å². The molecule has 2 aliphatic heterocycles. The molecule has 1 unspecified atom stereocenters. The first-order valence-electron chi connectivity index (χ1n) is 10.1. The summed E-state index contributed by atoms with van der Waals surface area (Å²) in [7, 11) is 0. The molecule has 0 fully saturated rings. The summed E-state index contributed by atoms with van der Waals surface area (Å²) >= 11 is 1.24. The first-order chi connectivity index (χ1) is 14.8. The summed E-state index contributed by atoms with van der Waals surface area (Å²) in [5.74, 6) is 0.124. The lowest BCUT2D eigenvalue weighted by atomic mass is 10.0. The van der Waals surface area contributed by atoms with E-state index in [0.29, 0.717) is 34.6 Å². The fourth-order valence-electron chi connectivity index (χ4n) is 3.57. The number of nitrogens with zero attached hydrogens (tertiary/aromatic N) is 3. The maximum atomic E-state index is 13.8. The maximum absolute atomic E-state index is 13.8. The Labute approximate surface area is 184 Å². The van der Waals surface area contributed by atoms with E-state index >= 15 is 0 Å². The molecule has 1 atom stereocenters. The Kier molecular flexibility index (Phi) is 5.91. The summed E-state index contributed by atoms with van der Waals surface area (Å²) in [6.45, 7) is 5.78. The van der Waals surface area contributed by atoms with Gasteiger partial charge in [0.25, 0.3) is 5.91 Å². The van der Waals surface area contributed by atoms with Gasteiger partial charge in [0.15, 0.2) is 5.17 Å². The van der Waals surface area contributed by atoms with Gasteiger partial charge in [0.1, 0.15) is 17.7 Å². The van der Waals surface area contributed by atoms with Crippen molar-refractivity contribution < 1.29 is 14.0 Å². The standard InChI is InChI=1S/C23H23FN4O2S/c1-13(2)10-19-22(30)27-21-16-6-4-5-7-18(16)26-23(28(19)21)31-12-20(29)25-15-9-8-14(3)17(24)11-15/h4-9,11,13,19H,10,12H2,1-3H3,(H,25,29). The van der Waals surface area contributed by atoms with Crippen molar-refractivity contribution in [2.24, 2.45) is 15.9 Å². The minimum atomic E-state index is -0.427. The van der Waals surface area contributed by atoms with Gasteiger partial charge in [-0.2, -0.15) is 4.99 Å². The van der Waals surface area contributed by atoms with Gasteiger partial charge in [-0.25, -0.2) is 9.38 Å². The third kappa shape index (κ3) is 4.39. The number of fused-ring (bicyclic) bond motifs is 3. The van der Waals surface area contributed by atoms with Crippen LogP contribution in [0.15, 0.2) is 52.4 Å². The van der Waals surface area contributed by atoms with Crippen molar-refractivity contribution in [3.8, 4) is 0 Å². The Bertz CT molecular complexity index is 1110. The molecule has 0 bridgehead atoms. The number of para-hydroxylation sites is 1. The zero-order chi connectivity index (χ0) is 22.1. The van der Waals surface area contributed by atoms with Gasteiger partial charge < -0.3 is 5.32 Å². The predicted octanol–water partition coefficient (Wildman–Crippen LogP) is 4.51. The Morgan fingerprint density at radius 2 is 2.00 bits per heavy atom. The van der Waals surface area contributed by atoms with Gasteiger partial charge in [0, 0.05) is 11.3 Å². The predicted molar refractivity (Wildman–Crippen MR) is 122 cm³/mol. The van der Waals surface area contributed by atoms with Crippen LogP contribution in [0.2, 0.25) is 0 Å².